The predicted molar refractivity (Wildman–Crippen MR) is 152 cm³/mol. The van der Waals surface area contributed by atoms with Gasteiger partial charge in [-0.15, -0.1) is 11.3 Å². The third-order valence-electron chi connectivity index (χ3n) is 7.51. The molecule has 2 aliphatic rings. The minimum Gasteiger partial charge on any atom is -0.444 e. The van der Waals surface area contributed by atoms with E-state index in [-0.39, 0.29) is 42.7 Å². The fraction of sp³-hybridized carbons (Fsp3) is 0.655. The molecule has 0 bridgehead atoms. The first-order valence-corrected chi connectivity index (χ1v) is 14.8. The Hall–Kier alpha value is -2.66. The van der Waals surface area contributed by atoms with Crippen LogP contribution in [0.1, 0.15) is 77.6 Å². The van der Waals surface area contributed by atoms with Crippen LogP contribution in [0.25, 0.3) is 0 Å². The van der Waals surface area contributed by atoms with E-state index in [4.69, 9.17) is 4.74 Å². The van der Waals surface area contributed by atoms with E-state index in [9.17, 15) is 18.4 Å². The van der Waals surface area contributed by atoms with Gasteiger partial charge in [-0.05, 0) is 33.8 Å². The minimum absolute atomic E-state index is 0.0983. The van der Waals surface area contributed by atoms with Gasteiger partial charge in [0.05, 0.1) is 17.2 Å². The molecule has 2 aromatic rings. The van der Waals surface area contributed by atoms with Crippen molar-refractivity contribution in [2.45, 2.75) is 96.8 Å². The molecule has 8 nitrogen and oxygen atoms in total. The Morgan fingerprint density at radius 2 is 1.93 bits per heavy atom. The van der Waals surface area contributed by atoms with Gasteiger partial charge >= 0.3 is 6.09 Å². The molecule has 40 heavy (non-hydrogen) atoms. The van der Waals surface area contributed by atoms with Gasteiger partial charge in [-0.2, -0.15) is 8.78 Å². The number of halogens is 2. The summed E-state index contributed by atoms with van der Waals surface area (Å²) >= 11 is 1.54. The maximum Gasteiger partial charge on any atom is 0.410 e. The number of alkyl halides is 2. The molecular weight excluding hydrogens is 536 g/mol. The van der Waals surface area contributed by atoms with Crippen LogP contribution in [-0.4, -0.2) is 75.6 Å². The summed E-state index contributed by atoms with van der Waals surface area (Å²) in [6.45, 7) is 14.5. The number of carbonyl (C=O) groups excluding carboxylic acids is 2. The van der Waals surface area contributed by atoms with Crippen molar-refractivity contribution < 1.29 is 23.1 Å². The van der Waals surface area contributed by atoms with Crippen LogP contribution in [0.4, 0.5) is 19.3 Å². The van der Waals surface area contributed by atoms with Crippen molar-refractivity contribution in [3.05, 3.63) is 40.1 Å². The maximum atomic E-state index is 14.8. The van der Waals surface area contributed by atoms with Crippen molar-refractivity contribution in [2.75, 3.05) is 31.1 Å². The summed E-state index contributed by atoms with van der Waals surface area (Å²) < 4.78 is 35.2. The molecule has 4 rings (SSSR count). The topological polar surface area (TPSA) is 78.9 Å². The van der Waals surface area contributed by atoms with Gasteiger partial charge in [0, 0.05) is 73.3 Å². The highest BCUT2D eigenvalue weighted by molar-refractivity contribution is 7.09. The van der Waals surface area contributed by atoms with Crippen molar-refractivity contribution >= 4 is 29.0 Å². The minimum atomic E-state index is -3.06. The fourth-order valence-electron chi connectivity index (χ4n) is 5.51. The molecule has 1 fully saturated rings. The van der Waals surface area contributed by atoms with E-state index in [0.29, 0.717) is 38.2 Å². The van der Waals surface area contributed by atoms with E-state index in [1.165, 1.54) is 23.6 Å². The average Bonchev–Trinajstić information content (AvgIpc) is 3.45. The van der Waals surface area contributed by atoms with E-state index < -0.39 is 16.9 Å². The Bertz CT molecular complexity index is 1210. The van der Waals surface area contributed by atoms with Crippen molar-refractivity contribution in [1.82, 2.24) is 19.8 Å². The van der Waals surface area contributed by atoms with Crippen LogP contribution in [0.15, 0.2) is 23.8 Å². The highest BCUT2D eigenvalue weighted by Gasteiger charge is 2.43. The summed E-state index contributed by atoms with van der Waals surface area (Å²) in [6, 6.07) is 1.06. The molecule has 0 aromatic carbocycles. The number of pyridine rings is 1. The second kappa shape index (κ2) is 11.3. The number of amides is 2. The summed E-state index contributed by atoms with van der Waals surface area (Å²) in [5, 5.41) is 2.83. The van der Waals surface area contributed by atoms with Gasteiger partial charge in [-0.1, -0.05) is 27.2 Å². The van der Waals surface area contributed by atoms with E-state index in [1.54, 1.807) is 22.9 Å². The molecule has 0 aliphatic carbocycles. The molecule has 0 spiro atoms. The van der Waals surface area contributed by atoms with Gasteiger partial charge < -0.3 is 14.5 Å². The summed E-state index contributed by atoms with van der Waals surface area (Å²) in [7, 11) is 0. The lowest BCUT2D eigenvalue weighted by Gasteiger charge is -2.45. The number of ether oxygens (including phenoxy) is 1. The molecule has 2 unspecified atom stereocenters. The van der Waals surface area contributed by atoms with Crippen molar-refractivity contribution in [3.8, 4) is 0 Å². The first-order valence-electron chi connectivity index (χ1n) is 13.9. The zero-order valence-corrected chi connectivity index (χ0v) is 25.4. The van der Waals surface area contributed by atoms with E-state index in [0.717, 1.165) is 10.6 Å². The van der Waals surface area contributed by atoms with Gasteiger partial charge in [0.2, 0.25) is 5.91 Å². The second-order valence-electron chi connectivity index (χ2n) is 12.6. The van der Waals surface area contributed by atoms with Crippen molar-refractivity contribution in [2.24, 2.45) is 0 Å². The second-order valence-corrected chi connectivity index (χ2v) is 13.6. The lowest BCUT2D eigenvalue weighted by atomic mass is 9.88. The lowest BCUT2D eigenvalue weighted by molar-refractivity contribution is -0.121. The number of hydrogen-bond acceptors (Lipinski definition) is 7. The van der Waals surface area contributed by atoms with Gasteiger partial charge in [-0.25, -0.2) is 9.78 Å². The van der Waals surface area contributed by atoms with Crippen molar-refractivity contribution in [1.29, 1.82) is 0 Å². The smallest absolute Gasteiger partial charge is 0.410 e. The normalized spacial score (nSPS) is 21.4. The van der Waals surface area contributed by atoms with Crippen LogP contribution in [0.2, 0.25) is 0 Å². The van der Waals surface area contributed by atoms with E-state index >= 15 is 0 Å². The number of fused-ring (bicyclic) bond motifs is 1. The van der Waals surface area contributed by atoms with E-state index in [2.05, 4.69) is 14.9 Å². The molecule has 2 aliphatic heterocycles. The molecule has 1 saturated heterocycles. The average molecular weight is 578 g/mol. The van der Waals surface area contributed by atoms with Gasteiger partial charge in [0.1, 0.15) is 11.3 Å². The molecule has 2 amide bonds. The SMILES string of the molecule is CCCC(F)(F)c1cc2c(cn1)C(C)(C)CN2C(=O)CN1CC(C)N(C(=O)OC(C)(C)C)CC1Cc1nccs1. The molecule has 2 atom stereocenters. The third kappa shape index (κ3) is 6.62. The summed E-state index contributed by atoms with van der Waals surface area (Å²) in [5.41, 5.74) is -0.0387. The van der Waals surface area contributed by atoms with Gasteiger partial charge in [0.15, 0.2) is 0 Å². The molecule has 0 N–H and O–H groups in total. The van der Waals surface area contributed by atoms with Crippen LogP contribution in [0, 0.1) is 0 Å². The lowest BCUT2D eigenvalue weighted by Crippen LogP contribution is -2.61. The molecule has 220 valence electrons. The summed E-state index contributed by atoms with van der Waals surface area (Å²) in [5.74, 6) is -3.22. The van der Waals surface area contributed by atoms with Crippen LogP contribution in [0.5, 0.6) is 0 Å². The molecule has 0 saturated carbocycles. The van der Waals surface area contributed by atoms with E-state index in [1.807, 2.05) is 46.9 Å². The number of carbonyl (C=O) groups is 2. The summed E-state index contributed by atoms with van der Waals surface area (Å²) in [6.07, 6.45) is 3.49. The molecule has 11 heteroatoms. The highest BCUT2D eigenvalue weighted by Crippen LogP contribution is 2.43. The Balaban J connectivity index is 1.58. The van der Waals surface area contributed by atoms with Gasteiger partial charge in [-0.3, -0.25) is 14.7 Å². The number of hydrogen-bond donors (Lipinski definition) is 0. The Labute approximate surface area is 239 Å². The Kier molecular flexibility index (Phi) is 8.57. The zero-order valence-electron chi connectivity index (χ0n) is 24.5. The Morgan fingerprint density at radius 3 is 2.55 bits per heavy atom. The van der Waals surface area contributed by atoms with Crippen molar-refractivity contribution in [3.63, 3.8) is 0 Å². The predicted octanol–water partition coefficient (Wildman–Crippen LogP) is 5.61. The number of rotatable bonds is 7. The number of aromatic nitrogens is 2. The zero-order chi connectivity index (χ0) is 29.5. The molecule has 0 radical (unpaired) electrons. The largest absolute Gasteiger partial charge is 0.444 e. The van der Waals surface area contributed by atoms with Crippen LogP contribution < -0.4 is 4.90 Å². The summed E-state index contributed by atoms with van der Waals surface area (Å²) in [4.78, 5) is 40.9. The maximum absolute atomic E-state index is 14.8. The third-order valence-corrected chi connectivity index (χ3v) is 8.31. The van der Waals surface area contributed by atoms with Crippen LogP contribution in [-0.2, 0) is 27.3 Å². The molecular formula is C29H41F2N5O3S. The first kappa shape index (κ1) is 30.3. The number of anilines is 1. The Morgan fingerprint density at radius 1 is 1.20 bits per heavy atom. The molecule has 4 heterocycles. The standard InChI is InChI=1S/C29H41F2N5O3S/c1-8-9-29(30,31)23-13-22-21(14-33-23)28(6,7)18-36(22)25(37)17-34-15-19(2)35(26(38)39-27(3,4)5)16-20(34)12-24-32-10-11-40-24/h10-11,13-14,19-20H,8-9,12,15-18H2,1-7H3. The highest BCUT2D eigenvalue weighted by atomic mass is 32.1. The van der Waals surface area contributed by atoms with Crippen LogP contribution in [0.3, 0.4) is 0 Å². The molecule has 2 aromatic heterocycles. The number of piperazine rings is 1. The quantitative estimate of drug-likeness (QED) is 0.426. The number of nitrogens with zero attached hydrogens (tertiary/aromatic N) is 5. The number of thiazole rings is 1. The first-order chi connectivity index (χ1) is 18.6. The van der Waals surface area contributed by atoms with Gasteiger partial charge in [0.25, 0.3) is 5.92 Å². The fourth-order valence-corrected chi connectivity index (χ4v) is 6.20. The van der Waals surface area contributed by atoms with Crippen LogP contribution >= 0.6 is 11.3 Å². The monoisotopic (exact) mass is 577 g/mol.